The topological polar surface area (TPSA) is 34.9 Å². The molecule has 2 aromatic carbocycles. The molecule has 0 spiro atoms. The summed E-state index contributed by atoms with van der Waals surface area (Å²) >= 11 is 13.4. The molecule has 25 heavy (non-hydrogen) atoms. The average Bonchev–Trinajstić information content (AvgIpc) is 3.06. The lowest BCUT2D eigenvalue weighted by molar-refractivity contribution is 0.800. The molecule has 6 heteroatoms. The van der Waals surface area contributed by atoms with Crippen LogP contribution < -0.4 is 5.56 Å². The van der Waals surface area contributed by atoms with E-state index in [1.807, 2.05) is 59.2 Å². The fourth-order valence-corrected chi connectivity index (χ4v) is 3.98. The molecular formula is C19H12Cl2N2OS. The van der Waals surface area contributed by atoms with Crippen molar-refractivity contribution in [3.05, 3.63) is 86.9 Å². The number of benzene rings is 2. The minimum Gasteiger partial charge on any atom is -0.326 e. The van der Waals surface area contributed by atoms with Crippen molar-refractivity contribution in [3.8, 4) is 10.4 Å². The van der Waals surface area contributed by atoms with Gasteiger partial charge in [-0.05, 0) is 41.5 Å². The zero-order chi connectivity index (χ0) is 17.4. The number of halogens is 2. The van der Waals surface area contributed by atoms with Gasteiger partial charge in [0.05, 0.1) is 11.8 Å². The Kier molecular flexibility index (Phi) is 4.34. The molecule has 0 unspecified atom stereocenters. The van der Waals surface area contributed by atoms with Crippen molar-refractivity contribution in [1.82, 2.24) is 9.55 Å². The Bertz CT molecular complexity index is 1100. The summed E-state index contributed by atoms with van der Waals surface area (Å²) in [5.41, 5.74) is 2.80. The van der Waals surface area contributed by atoms with Crippen molar-refractivity contribution in [2.75, 3.05) is 0 Å². The first-order chi connectivity index (χ1) is 12.1. The van der Waals surface area contributed by atoms with Crippen molar-refractivity contribution < 1.29 is 0 Å². The largest absolute Gasteiger partial charge is 0.326 e. The minimum atomic E-state index is -0.201. The van der Waals surface area contributed by atoms with Gasteiger partial charge in [-0.25, -0.2) is 0 Å². The first kappa shape index (κ1) is 16.3. The lowest BCUT2D eigenvalue weighted by Gasteiger charge is -2.07. The molecule has 0 saturated heterocycles. The molecule has 124 valence electrons. The molecule has 0 saturated carbocycles. The van der Waals surface area contributed by atoms with Gasteiger partial charge in [0.25, 0.3) is 5.56 Å². The van der Waals surface area contributed by atoms with E-state index in [4.69, 9.17) is 23.2 Å². The van der Waals surface area contributed by atoms with Crippen LogP contribution in [0.15, 0.2) is 65.7 Å². The third-order valence-electron chi connectivity index (χ3n) is 3.93. The van der Waals surface area contributed by atoms with E-state index >= 15 is 0 Å². The maximum atomic E-state index is 12.2. The van der Waals surface area contributed by atoms with E-state index in [2.05, 4.69) is 4.98 Å². The Morgan fingerprint density at radius 1 is 0.960 bits per heavy atom. The van der Waals surface area contributed by atoms with Crippen molar-refractivity contribution in [2.45, 2.75) is 6.54 Å². The van der Waals surface area contributed by atoms with Crippen molar-refractivity contribution in [2.24, 2.45) is 0 Å². The summed E-state index contributed by atoms with van der Waals surface area (Å²) in [6.07, 6.45) is 1.59. The summed E-state index contributed by atoms with van der Waals surface area (Å²) in [5.74, 6) is 0. The zero-order valence-electron chi connectivity index (χ0n) is 12.9. The van der Waals surface area contributed by atoms with E-state index in [1.54, 1.807) is 6.33 Å². The second-order valence-electron chi connectivity index (χ2n) is 5.64. The minimum absolute atomic E-state index is 0.201. The van der Waals surface area contributed by atoms with Gasteiger partial charge in [0, 0.05) is 21.5 Å². The Labute approximate surface area is 158 Å². The van der Waals surface area contributed by atoms with E-state index in [0.29, 0.717) is 21.3 Å². The Hall–Kier alpha value is -2.14. The second-order valence-corrected chi connectivity index (χ2v) is 7.56. The highest BCUT2D eigenvalue weighted by Gasteiger charge is 2.11. The fraction of sp³-hybridized carbons (Fsp3) is 0.0526. The molecule has 2 aromatic heterocycles. The molecule has 2 heterocycles. The quantitative estimate of drug-likeness (QED) is 0.467. The second kappa shape index (κ2) is 6.64. The monoisotopic (exact) mass is 386 g/mol. The standard InChI is InChI=1S/C19H12Cl2N2OS/c20-14-5-1-12(2-6-14)10-23-11-22-19(24)18-16(23)9-17(25-18)13-3-7-15(21)8-4-13/h1-9,11H,10H2. The van der Waals surface area contributed by atoms with Crippen LogP contribution in [0.1, 0.15) is 5.56 Å². The number of hydrogen-bond acceptors (Lipinski definition) is 3. The summed E-state index contributed by atoms with van der Waals surface area (Å²) in [6, 6.07) is 17.3. The number of thiophene rings is 1. The predicted molar refractivity (Wildman–Crippen MR) is 105 cm³/mol. The van der Waals surface area contributed by atoms with Gasteiger partial charge in [-0.1, -0.05) is 47.5 Å². The SMILES string of the molecule is O=c1ncn(Cc2ccc(Cl)cc2)c2cc(-c3ccc(Cl)cc3)sc12. The molecule has 3 nitrogen and oxygen atoms in total. The van der Waals surface area contributed by atoms with Crippen LogP contribution in [-0.2, 0) is 6.54 Å². The third-order valence-corrected chi connectivity index (χ3v) is 5.59. The molecule has 0 atom stereocenters. The van der Waals surface area contributed by atoms with E-state index in [9.17, 15) is 4.79 Å². The lowest BCUT2D eigenvalue weighted by Crippen LogP contribution is -2.11. The smallest absolute Gasteiger partial charge is 0.290 e. The number of fused-ring (bicyclic) bond motifs is 1. The van der Waals surface area contributed by atoms with Gasteiger partial charge in [0.15, 0.2) is 0 Å². The Morgan fingerprint density at radius 3 is 2.28 bits per heavy atom. The first-order valence-corrected chi connectivity index (χ1v) is 9.17. The summed E-state index contributed by atoms with van der Waals surface area (Å²) in [4.78, 5) is 17.2. The highest BCUT2D eigenvalue weighted by atomic mass is 35.5. The molecule has 0 amide bonds. The average molecular weight is 387 g/mol. The zero-order valence-corrected chi connectivity index (χ0v) is 15.3. The maximum absolute atomic E-state index is 12.2. The molecule has 0 aliphatic carbocycles. The maximum Gasteiger partial charge on any atom is 0.290 e. The highest BCUT2D eigenvalue weighted by molar-refractivity contribution is 7.22. The number of rotatable bonds is 3. The molecule has 4 aromatic rings. The van der Waals surface area contributed by atoms with Gasteiger partial charge in [-0.2, -0.15) is 4.98 Å². The van der Waals surface area contributed by atoms with Crippen molar-refractivity contribution in [3.63, 3.8) is 0 Å². The van der Waals surface area contributed by atoms with Crippen LogP contribution in [0, 0.1) is 0 Å². The molecule has 0 aliphatic rings. The summed E-state index contributed by atoms with van der Waals surface area (Å²) < 4.78 is 2.64. The first-order valence-electron chi connectivity index (χ1n) is 7.59. The van der Waals surface area contributed by atoms with Crippen molar-refractivity contribution in [1.29, 1.82) is 0 Å². The van der Waals surface area contributed by atoms with Crippen LogP contribution >= 0.6 is 34.5 Å². The number of nitrogens with zero attached hydrogens (tertiary/aromatic N) is 2. The Morgan fingerprint density at radius 2 is 1.60 bits per heavy atom. The van der Waals surface area contributed by atoms with Crippen LogP contribution in [-0.4, -0.2) is 9.55 Å². The molecule has 0 fully saturated rings. The van der Waals surface area contributed by atoms with Gasteiger partial charge < -0.3 is 4.57 Å². The fourth-order valence-electron chi connectivity index (χ4n) is 2.66. The normalized spacial score (nSPS) is 11.1. The van der Waals surface area contributed by atoms with Gasteiger partial charge in [0.1, 0.15) is 4.70 Å². The number of hydrogen-bond donors (Lipinski definition) is 0. The van der Waals surface area contributed by atoms with E-state index in [1.165, 1.54) is 11.3 Å². The van der Waals surface area contributed by atoms with Crippen LogP contribution in [0.4, 0.5) is 0 Å². The lowest BCUT2D eigenvalue weighted by atomic mass is 10.2. The van der Waals surface area contributed by atoms with Gasteiger partial charge >= 0.3 is 0 Å². The van der Waals surface area contributed by atoms with Crippen LogP contribution in [0.5, 0.6) is 0 Å². The third kappa shape index (κ3) is 3.33. The summed E-state index contributed by atoms with van der Waals surface area (Å²) in [5, 5.41) is 1.39. The molecule has 0 aliphatic heterocycles. The van der Waals surface area contributed by atoms with Gasteiger partial charge in [-0.3, -0.25) is 4.79 Å². The summed E-state index contributed by atoms with van der Waals surface area (Å²) in [7, 11) is 0. The molecule has 0 N–H and O–H groups in total. The van der Waals surface area contributed by atoms with Crippen LogP contribution in [0.3, 0.4) is 0 Å². The van der Waals surface area contributed by atoms with Gasteiger partial charge in [-0.15, -0.1) is 11.3 Å². The predicted octanol–water partition coefficient (Wildman–Crippen LogP) is 5.48. The number of aromatic nitrogens is 2. The Balaban J connectivity index is 1.80. The highest BCUT2D eigenvalue weighted by Crippen LogP contribution is 2.32. The van der Waals surface area contributed by atoms with E-state index in [0.717, 1.165) is 21.5 Å². The van der Waals surface area contributed by atoms with Crippen LogP contribution in [0.25, 0.3) is 20.7 Å². The summed E-state index contributed by atoms with van der Waals surface area (Å²) in [6.45, 7) is 0.623. The molecular weight excluding hydrogens is 375 g/mol. The van der Waals surface area contributed by atoms with E-state index < -0.39 is 0 Å². The van der Waals surface area contributed by atoms with E-state index in [-0.39, 0.29) is 5.56 Å². The molecule has 0 bridgehead atoms. The van der Waals surface area contributed by atoms with Crippen LogP contribution in [0.2, 0.25) is 10.0 Å². The molecule has 4 rings (SSSR count). The molecule has 0 radical (unpaired) electrons. The van der Waals surface area contributed by atoms with Gasteiger partial charge in [0.2, 0.25) is 0 Å². The van der Waals surface area contributed by atoms with Crippen molar-refractivity contribution >= 4 is 44.8 Å².